The van der Waals surface area contributed by atoms with Crippen molar-refractivity contribution in [2.24, 2.45) is 0 Å². The number of hydrogen-bond donors (Lipinski definition) is 2. The van der Waals surface area contributed by atoms with Gasteiger partial charge in [-0.25, -0.2) is 8.42 Å². The smallest absolute Gasteiger partial charge is 0.220 e. The number of carbonyl (C=O) groups is 1. The van der Waals surface area contributed by atoms with Crippen molar-refractivity contribution in [2.75, 3.05) is 18.6 Å². The molecule has 1 fully saturated rings. The van der Waals surface area contributed by atoms with Gasteiger partial charge in [-0.15, -0.1) is 12.4 Å². The van der Waals surface area contributed by atoms with Crippen molar-refractivity contribution in [3.8, 4) is 0 Å². The Bertz CT molecular complexity index is 353. The van der Waals surface area contributed by atoms with Gasteiger partial charge in [-0.1, -0.05) is 0 Å². The lowest BCUT2D eigenvalue weighted by molar-refractivity contribution is -0.121. The highest BCUT2D eigenvalue weighted by molar-refractivity contribution is 7.90. The first-order valence-electron chi connectivity index (χ1n) is 6.07. The molecule has 1 aliphatic heterocycles. The van der Waals surface area contributed by atoms with Crippen LogP contribution >= 0.6 is 12.4 Å². The van der Waals surface area contributed by atoms with Gasteiger partial charge in [0.2, 0.25) is 5.91 Å². The number of hydrogen-bond acceptors (Lipinski definition) is 4. The molecule has 2 atom stereocenters. The van der Waals surface area contributed by atoms with Gasteiger partial charge in [0.1, 0.15) is 9.84 Å². The first-order valence-corrected chi connectivity index (χ1v) is 8.13. The van der Waals surface area contributed by atoms with Crippen LogP contribution in [-0.2, 0) is 14.6 Å². The predicted octanol–water partition coefficient (Wildman–Crippen LogP) is 0.490. The van der Waals surface area contributed by atoms with E-state index in [-0.39, 0.29) is 30.1 Å². The molecule has 0 radical (unpaired) electrons. The minimum atomic E-state index is -3.03. The molecule has 0 aromatic rings. The molecular formula is C11H23ClN2O3S. The summed E-state index contributed by atoms with van der Waals surface area (Å²) in [5, 5.41) is 6.04. The van der Waals surface area contributed by atoms with Gasteiger partial charge in [-0.05, 0) is 32.7 Å². The van der Waals surface area contributed by atoms with E-state index in [1.165, 1.54) is 12.7 Å². The third-order valence-corrected chi connectivity index (χ3v) is 3.95. The zero-order valence-corrected chi connectivity index (χ0v) is 12.6. The molecule has 1 amide bonds. The van der Waals surface area contributed by atoms with Crippen LogP contribution in [0, 0.1) is 0 Å². The highest BCUT2D eigenvalue weighted by Crippen LogP contribution is 2.10. The van der Waals surface area contributed by atoms with E-state index in [4.69, 9.17) is 0 Å². The standard InChI is InChI=1S/C11H22N2O3S.ClH/c1-9(8-17(2,15)16)13-11(14)6-5-10-4-3-7-12-10;/h9-10,12H,3-8H2,1-2H3,(H,13,14);1H. The summed E-state index contributed by atoms with van der Waals surface area (Å²) in [5.41, 5.74) is 0. The number of halogens is 1. The van der Waals surface area contributed by atoms with Gasteiger partial charge >= 0.3 is 0 Å². The van der Waals surface area contributed by atoms with E-state index in [1.54, 1.807) is 6.92 Å². The second-order valence-electron chi connectivity index (χ2n) is 4.89. The summed E-state index contributed by atoms with van der Waals surface area (Å²) in [5.74, 6) is -0.0599. The first kappa shape index (κ1) is 17.7. The number of carbonyl (C=O) groups excluding carboxylic acids is 1. The average molecular weight is 299 g/mol. The Labute approximate surface area is 115 Å². The van der Waals surface area contributed by atoms with Crippen LogP contribution in [0.1, 0.15) is 32.6 Å². The summed E-state index contributed by atoms with van der Waals surface area (Å²) in [7, 11) is -3.03. The fourth-order valence-corrected chi connectivity index (χ4v) is 3.14. The summed E-state index contributed by atoms with van der Waals surface area (Å²) >= 11 is 0. The van der Waals surface area contributed by atoms with E-state index >= 15 is 0 Å². The summed E-state index contributed by atoms with van der Waals surface area (Å²) in [6.07, 6.45) is 4.78. The highest BCUT2D eigenvalue weighted by Gasteiger charge is 2.17. The van der Waals surface area contributed by atoms with Gasteiger partial charge in [0.25, 0.3) is 0 Å². The number of sulfone groups is 1. The first-order chi connectivity index (χ1) is 7.87. The Morgan fingerprint density at radius 3 is 2.67 bits per heavy atom. The molecule has 1 saturated heterocycles. The van der Waals surface area contributed by atoms with Gasteiger partial charge in [0.15, 0.2) is 0 Å². The maximum atomic E-state index is 11.6. The van der Waals surface area contributed by atoms with Crippen molar-refractivity contribution in [2.45, 2.75) is 44.7 Å². The van der Waals surface area contributed by atoms with Crippen LogP contribution in [0.2, 0.25) is 0 Å². The average Bonchev–Trinajstić information content (AvgIpc) is 2.63. The maximum Gasteiger partial charge on any atom is 0.220 e. The van der Waals surface area contributed by atoms with E-state index in [2.05, 4.69) is 10.6 Å². The highest BCUT2D eigenvalue weighted by atomic mass is 35.5. The van der Waals surface area contributed by atoms with Gasteiger partial charge in [-0.3, -0.25) is 4.79 Å². The molecule has 0 saturated carbocycles. The molecule has 2 unspecified atom stereocenters. The minimum Gasteiger partial charge on any atom is -0.353 e. The van der Waals surface area contributed by atoms with Crippen LogP contribution in [-0.4, -0.2) is 45.0 Å². The largest absolute Gasteiger partial charge is 0.353 e. The fraction of sp³-hybridized carbons (Fsp3) is 0.909. The molecule has 0 spiro atoms. The maximum absolute atomic E-state index is 11.6. The molecule has 1 aliphatic rings. The third-order valence-electron chi connectivity index (χ3n) is 2.84. The normalized spacial score (nSPS) is 21.1. The zero-order valence-electron chi connectivity index (χ0n) is 10.9. The zero-order chi connectivity index (χ0) is 12.9. The van der Waals surface area contributed by atoms with Crippen LogP contribution in [0.4, 0.5) is 0 Å². The summed E-state index contributed by atoms with van der Waals surface area (Å²) in [4.78, 5) is 11.6. The monoisotopic (exact) mass is 298 g/mol. The quantitative estimate of drug-likeness (QED) is 0.748. The van der Waals surface area contributed by atoms with Gasteiger partial charge in [0.05, 0.1) is 5.75 Å². The van der Waals surface area contributed by atoms with Crippen molar-refractivity contribution in [3.63, 3.8) is 0 Å². The lowest BCUT2D eigenvalue weighted by Crippen LogP contribution is -2.37. The second-order valence-corrected chi connectivity index (χ2v) is 7.08. The Morgan fingerprint density at radius 2 is 2.17 bits per heavy atom. The second kappa shape index (κ2) is 7.96. The molecule has 1 heterocycles. The minimum absolute atomic E-state index is 0. The summed E-state index contributed by atoms with van der Waals surface area (Å²) in [6, 6.07) is 0.139. The summed E-state index contributed by atoms with van der Waals surface area (Å²) < 4.78 is 22.1. The van der Waals surface area contributed by atoms with Crippen molar-refractivity contribution in [1.29, 1.82) is 0 Å². The Morgan fingerprint density at radius 1 is 1.50 bits per heavy atom. The van der Waals surface area contributed by atoms with Crippen LogP contribution in [0.25, 0.3) is 0 Å². The van der Waals surface area contributed by atoms with E-state index in [0.717, 1.165) is 19.4 Å². The topological polar surface area (TPSA) is 75.3 Å². The Balaban J connectivity index is 0.00000289. The molecule has 7 heteroatoms. The third kappa shape index (κ3) is 7.89. The number of nitrogens with one attached hydrogen (secondary N) is 2. The molecule has 0 aromatic heterocycles. The number of amides is 1. The van der Waals surface area contributed by atoms with Crippen LogP contribution in [0.15, 0.2) is 0 Å². The molecule has 1 rings (SSSR count). The molecule has 2 N–H and O–H groups in total. The van der Waals surface area contributed by atoms with Crippen molar-refractivity contribution < 1.29 is 13.2 Å². The lowest BCUT2D eigenvalue weighted by Gasteiger charge is -2.14. The van der Waals surface area contributed by atoms with E-state index in [1.807, 2.05) is 0 Å². The van der Waals surface area contributed by atoms with Crippen molar-refractivity contribution in [1.82, 2.24) is 10.6 Å². The van der Waals surface area contributed by atoms with Crippen molar-refractivity contribution >= 4 is 28.2 Å². The molecule has 0 aromatic carbocycles. The van der Waals surface area contributed by atoms with Crippen LogP contribution in [0.3, 0.4) is 0 Å². The van der Waals surface area contributed by atoms with Crippen LogP contribution < -0.4 is 10.6 Å². The fourth-order valence-electron chi connectivity index (χ4n) is 2.15. The molecule has 108 valence electrons. The lowest BCUT2D eigenvalue weighted by atomic mass is 10.1. The Hall–Kier alpha value is -0.330. The SMILES string of the molecule is CC(CS(C)(=O)=O)NC(=O)CCC1CCCN1.Cl. The van der Waals surface area contributed by atoms with E-state index in [9.17, 15) is 13.2 Å². The van der Waals surface area contributed by atoms with Crippen LogP contribution in [0.5, 0.6) is 0 Å². The Kier molecular flexibility index (Phi) is 7.82. The summed E-state index contributed by atoms with van der Waals surface area (Å²) in [6.45, 7) is 2.75. The molecule has 0 aliphatic carbocycles. The predicted molar refractivity (Wildman–Crippen MR) is 74.8 cm³/mol. The molecule has 0 bridgehead atoms. The molecular weight excluding hydrogens is 276 g/mol. The van der Waals surface area contributed by atoms with E-state index < -0.39 is 9.84 Å². The van der Waals surface area contributed by atoms with Gasteiger partial charge in [-0.2, -0.15) is 0 Å². The molecule has 5 nitrogen and oxygen atoms in total. The number of rotatable bonds is 6. The van der Waals surface area contributed by atoms with E-state index in [0.29, 0.717) is 12.5 Å². The molecule has 18 heavy (non-hydrogen) atoms. The van der Waals surface area contributed by atoms with Crippen molar-refractivity contribution in [3.05, 3.63) is 0 Å². The van der Waals surface area contributed by atoms with Gasteiger partial charge in [0, 0.05) is 24.8 Å². The van der Waals surface area contributed by atoms with Gasteiger partial charge < -0.3 is 10.6 Å².